The van der Waals surface area contributed by atoms with Crippen molar-refractivity contribution in [3.63, 3.8) is 0 Å². The number of nitrogens with one attached hydrogen (secondary N) is 1. The Kier molecular flexibility index (Phi) is 5.93. The lowest BCUT2D eigenvalue weighted by Gasteiger charge is -2.08. The van der Waals surface area contributed by atoms with E-state index in [-0.39, 0.29) is 0 Å². The molecule has 0 unspecified atom stereocenters. The normalized spacial score (nSPS) is 11.1. The highest BCUT2D eigenvalue weighted by Gasteiger charge is 1.97. The van der Waals surface area contributed by atoms with E-state index in [1.807, 2.05) is 11.8 Å². The summed E-state index contributed by atoms with van der Waals surface area (Å²) in [5, 5.41) is 3.46. The van der Waals surface area contributed by atoms with Gasteiger partial charge in [-0.25, -0.2) is 0 Å². The summed E-state index contributed by atoms with van der Waals surface area (Å²) in [7, 11) is 0. The van der Waals surface area contributed by atoms with Crippen molar-refractivity contribution in [1.29, 1.82) is 0 Å². The van der Waals surface area contributed by atoms with Crippen LogP contribution >= 0.6 is 11.8 Å². The van der Waals surface area contributed by atoms with E-state index < -0.39 is 0 Å². The van der Waals surface area contributed by atoms with E-state index in [1.165, 1.54) is 16.0 Å². The van der Waals surface area contributed by atoms with Gasteiger partial charge in [0.25, 0.3) is 0 Å². The molecule has 0 amide bonds. The predicted molar refractivity (Wildman–Crippen MR) is 74.3 cm³/mol. The highest BCUT2D eigenvalue weighted by molar-refractivity contribution is 7.99. The zero-order valence-corrected chi connectivity index (χ0v) is 11.7. The van der Waals surface area contributed by atoms with Crippen molar-refractivity contribution in [2.24, 2.45) is 5.92 Å². The van der Waals surface area contributed by atoms with Crippen LogP contribution in [0.25, 0.3) is 0 Å². The molecule has 1 rings (SSSR count). The van der Waals surface area contributed by atoms with Crippen LogP contribution in [0.3, 0.4) is 0 Å². The smallest absolute Gasteiger partial charge is 0.0106 e. The van der Waals surface area contributed by atoms with Gasteiger partial charge in [0.15, 0.2) is 0 Å². The summed E-state index contributed by atoms with van der Waals surface area (Å²) in [6.45, 7) is 11.0. The third kappa shape index (κ3) is 5.04. The van der Waals surface area contributed by atoms with Crippen LogP contribution in [0.2, 0.25) is 0 Å². The van der Waals surface area contributed by atoms with Crippen LogP contribution in [0.1, 0.15) is 25.0 Å². The molecule has 0 saturated heterocycles. The molecule has 1 aromatic carbocycles. The van der Waals surface area contributed by atoms with E-state index in [1.54, 1.807) is 0 Å². The summed E-state index contributed by atoms with van der Waals surface area (Å²) < 4.78 is 0. The van der Waals surface area contributed by atoms with E-state index in [4.69, 9.17) is 0 Å². The predicted octanol–water partition coefficient (Wildman–Crippen LogP) is 3.64. The van der Waals surface area contributed by atoms with E-state index in [9.17, 15) is 0 Å². The molecule has 90 valence electrons. The topological polar surface area (TPSA) is 12.0 Å². The Bertz CT molecular complexity index is 321. The average molecular weight is 237 g/mol. The van der Waals surface area contributed by atoms with Crippen molar-refractivity contribution >= 4 is 11.8 Å². The monoisotopic (exact) mass is 237 g/mol. The van der Waals surface area contributed by atoms with Crippen molar-refractivity contribution in [1.82, 2.24) is 5.32 Å². The molecule has 0 radical (unpaired) electrons. The number of thioether (sulfide) groups is 1. The molecule has 1 nitrogen and oxygen atoms in total. The van der Waals surface area contributed by atoms with E-state index in [2.05, 4.69) is 51.2 Å². The van der Waals surface area contributed by atoms with E-state index in [0.717, 1.165) is 24.8 Å². The maximum atomic E-state index is 3.46. The maximum Gasteiger partial charge on any atom is 0.0106 e. The molecule has 1 N–H and O–H groups in total. The van der Waals surface area contributed by atoms with Crippen molar-refractivity contribution in [3.05, 3.63) is 29.3 Å². The van der Waals surface area contributed by atoms with Gasteiger partial charge in [0, 0.05) is 17.2 Å². The zero-order valence-electron chi connectivity index (χ0n) is 10.8. The van der Waals surface area contributed by atoms with Gasteiger partial charge < -0.3 is 5.32 Å². The first-order valence-electron chi connectivity index (χ1n) is 6.00. The molecule has 0 aliphatic heterocycles. The fraction of sp³-hybridized carbons (Fsp3) is 0.571. The van der Waals surface area contributed by atoms with Crippen LogP contribution in [0, 0.1) is 19.8 Å². The number of rotatable bonds is 6. The minimum Gasteiger partial charge on any atom is -0.316 e. The van der Waals surface area contributed by atoms with Crippen LogP contribution in [0.5, 0.6) is 0 Å². The lowest BCUT2D eigenvalue weighted by atomic mass is 10.1. The third-order valence-corrected chi connectivity index (χ3v) is 3.57. The fourth-order valence-corrected chi connectivity index (χ4v) is 2.34. The average Bonchev–Trinajstić information content (AvgIpc) is 2.22. The number of hydrogen-bond donors (Lipinski definition) is 1. The second-order valence-electron chi connectivity index (χ2n) is 4.69. The van der Waals surface area contributed by atoms with Crippen LogP contribution in [-0.4, -0.2) is 18.8 Å². The fourth-order valence-electron chi connectivity index (χ4n) is 1.44. The SMILES string of the molecule is Cc1ccc(SCCNCC(C)C)cc1C. The van der Waals surface area contributed by atoms with Gasteiger partial charge in [0.05, 0.1) is 0 Å². The molecule has 16 heavy (non-hydrogen) atoms. The third-order valence-electron chi connectivity index (χ3n) is 2.58. The van der Waals surface area contributed by atoms with Gasteiger partial charge >= 0.3 is 0 Å². The first-order valence-corrected chi connectivity index (χ1v) is 6.99. The Morgan fingerprint density at radius 2 is 1.94 bits per heavy atom. The largest absolute Gasteiger partial charge is 0.316 e. The van der Waals surface area contributed by atoms with Gasteiger partial charge in [-0.2, -0.15) is 0 Å². The Labute approximate surface area is 104 Å². The summed E-state index contributed by atoms with van der Waals surface area (Å²) in [4.78, 5) is 1.38. The molecule has 0 heterocycles. The quantitative estimate of drug-likeness (QED) is 0.599. The minimum atomic E-state index is 0.742. The van der Waals surface area contributed by atoms with Gasteiger partial charge in [-0.3, -0.25) is 0 Å². The lowest BCUT2D eigenvalue weighted by molar-refractivity contribution is 0.568. The molecule has 0 aromatic heterocycles. The van der Waals surface area contributed by atoms with Gasteiger partial charge in [0.1, 0.15) is 0 Å². The highest BCUT2D eigenvalue weighted by Crippen LogP contribution is 2.20. The standard InChI is InChI=1S/C14H23NS/c1-11(2)10-15-7-8-16-14-6-5-12(3)13(4)9-14/h5-6,9,11,15H,7-8,10H2,1-4H3. The Morgan fingerprint density at radius 1 is 1.19 bits per heavy atom. The molecule has 0 bridgehead atoms. The summed E-state index contributed by atoms with van der Waals surface area (Å²) in [6, 6.07) is 6.71. The molecule has 1 aromatic rings. The van der Waals surface area contributed by atoms with Crippen LogP contribution in [-0.2, 0) is 0 Å². The Morgan fingerprint density at radius 3 is 2.56 bits per heavy atom. The van der Waals surface area contributed by atoms with Crippen LogP contribution in [0.4, 0.5) is 0 Å². The Balaban J connectivity index is 2.24. The maximum absolute atomic E-state index is 3.46. The second-order valence-corrected chi connectivity index (χ2v) is 5.86. The van der Waals surface area contributed by atoms with Crippen molar-refractivity contribution in [2.75, 3.05) is 18.8 Å². The summed E-state index contributed by atoms with van der Waals surface area (Å²) in [5.74, 6) is 1.89. The number of aryl methyl sites for hydroxylation is 2. The lowest BCUT2D eigenvalue weighted by Crippen LogP contribution is -2.22. The molecule has 0 fully saturated rings. The first-order chi connectivity index (χ1) is 7.59. The van der Waals surface area contributed by atoms with Gasteiger partial charge in [-0.15, -0.1) is 11.8 Å². The van der Waals surface area contributed by atoms with Gasteiger partial charge in [-0.05, 0) is 49.6 Å². The van der Waals surface area contributed by atoms with E-state index >= 15 is 0 Å². The van der Waals surface area contributed by atoms with Gasteiger partial charge in [-0.1, -0.05) is 19.9 Å². The van der Waals surface area contributed by atoms with Gasteiger partial charge in [0.2, 0.25) is 0 Å². The van der Waals surface area contributed by atoms with Crippen molar-refractivity contribution in [3.8, 4) is 0 Å². The number of benzene rings is 1. The van der Waals surface area contributed by atoms with Crippen LogP contribution < -0.4 is 5.32 Å². The van der Waals surface area contributed by atoms with Crippen molar-refractivity contribution < 1.29 is 0 Å². The van der Waals surface area contributed by atoms with Crippen molar-refractivity contribution in [2.45, 2.75) is 32.6 Å². The molecule has 0 aliphatic rings. The molecule has 2 heteroatoms. The molecule has 0 atom stereocenters. The zero-order chi connectivity index (χ0) is 12.0. The molecule has 0 saturated carbocycles. The second kappa shape index (κ2) is 6.97. The van der Waals surface area contributed by atoms with E-state index in [0.29, 0.717) is 0 Å². The first kappa shape index (κ1) is 13.6. The molecular weight excluding hydrogens is 214 g/mol. The Hall–Kier alpha value is -0.470. The minimum absolute atomic E-state index is 0.742. The molecular formula is C14H23NS. The molecule has 0 aliphatic carbocycles. The molecule has 0 spiro atoms. The van der Waals surface area contributed by atoms with Crippen LogP contribution in [0.15, 0.2) is 23.1 Å². The summed E-state index contributed by atoms with van der Waals surface area (Å²) in [6.07, 6.45) is 0. The summed E-state index contributed by atoms with van der Waals surface area (Å²) in [5.41, 5.74) is 2.77. The summed E-state index contributed by atoms with van der Waals surface area (Å²) >= 11 is 1.93. The number of hydrogen-bond acceptors (Lipinski definition) is 2. The highest BCUT2D eigenvalue weighted by atomic mass is 32.2.